The van der Waals surface area contributed by atoms with Crippen LogP contribution in [-0.4, -0.2) is 34.9 Å². The molecule has 0 spiro atoms. The summed E-state index contributed by atoms with van der Waals surface area (Å²) in [6.07, 6.45) is 1.37. The fraction of sp³-hybridized carbons (Fsp3) is 0.385. The molecule has 7 heteroatoms. The van der Waals surface area contributed by atoms with E-state index in [0.717, 1.165) is 0 Å². The van der Waals surface area contributed by atoms with E-state index in [1.165, 1.54) is 0 Å². The summed E-state index contributed by atoms with van der Waals surface area (Å²) in [5.41, 5.74) is 6.10. The average Bonchev–Trinajstić information content (AvgIpc) is 2.48. The minimum atomic E-state index is -0.0819. The fourth-order valence-electron chi connectivity index (χ4n) is 2.27. The molecule has 1 aliphatic heterocycles. The summed E-state index contributed by atoms with van der Waals surface area (Å²) in [7, 11) is 0. The van der Waals surface area contributed by atoms with Gasteiger partial charge in [-0.3, -0.25) is 4.79 Å². The predicted molar refractivity (Wildman–Crippen MR) is 78.5 cm³/mol. The van der Waals surface area contributed by atoms with Crippen LogP contribution < -0.4 is 5.73 Å². The number of likely N-dealkylation sites (tertiary alicyclic amines) is 1. The molecule has 3 N–H and O–H groups in total. The Balaban J connectivity index is 2.03. The maximum Gasteiger partial charge on any atom is 0.253 e. The first-order valence-electron chi connectivity index (χ1n) is 6.24. The molecule has 0 radical (unpaired) electrons. The van der Waals surface area contributed by atoms with Crippen molar-refractivity contribution < 1.29 is 10.0 Å². The highest BCUT2D eigenvalue weighted by Crippen LogP contribution is 2.25. The molecule has 0 saturated carbocycles. The molecule has 20 heavy (non-hydrogen) atoms. The maximum atomic E-state index is 12.3. The average molecular weight is 316 g/mol. The molecule has 1 aromatic rings. The standard InChI is InChI=1S/C13H15Cl2N3O2/c14-10-2-1-9(7-11(10)15)13(19)18-5-3-8(4-6-18)12(16)17-20/h1-2,7-8,20H,3-6H2,(H2,16,17). The number of piperidine rings is 1. The Labute approximate surface area is 126 Å². The number of nitrogens with zero attached hydrogens (tertiary/aromatic N) is 2. The zero-order valence-corrected chi connectivity index (χ0v) is 12.2. The fourth-order valence-corrected chi connectivity index (χ4v) is 2.57. The lowest BCUT2D eigenvalue weighted by Gasteiger charge is -2.31. The number of halogens is 2. The third-order valence-corrected chi connectivity index (χ3v) is 4.22. The summed E-state index contributed by atoms with van der Waals surface area (Å²) in [6, 6.07) is 4.84. The Morgan fingerprint density at radius 2 is 1.95 bits per heavy atom. The number of carbonyl (C=O) groups is 1. The van der Waals surface area contributed by atoms with Gasteiger partial charge in [-0.25, -0.2) is 0 Å². The van der Waals surface area contributed by atoms with Crippen LogP contribution in [0, 0.1) is 5.92 Å². The van der Waals surface area contributed by atoms with Crippen molar-refractivity contribution in [3.05, 3.63) is 33.8 Å². The minimum Gasteiger partial charge on any atom is -0.409 e. The molecule has 2 rings (SSSR count). The van der Waals surface area contributed by atoms with Crippen molar-refractivity contribution in [1.29, 1.82) is 0 Å². The van der Waals surface area contributed by atoms with E-state index in [2.05, 4.69) is 5.16 Å². The quantitative estimate of drug-likeness (QED) is 0.381. The van der Waals surface area contributed by atoms with Gasteiger partial charge >= 0.3 is 0 Å². The van der Waals surface area contributed by atoms with Crippen LogP contribution in [-0.2, 0) is 0 Å². The van der Waals surface area contributed by atoms with E-state index in [9.17, 15) is 4.79 Å². The third-order valence-electron chi connectivity index (χ3n) is 3.48. The minimum absolute atomic E-state index is 0.0258. The molecular formula is C13H15Cl2N3O2. The van der Waals surface area contributed by atoms with Crippen molar-refractivity contribution >= 4 is 34.9 Å². The first-order valence-corrected chi connectivity index (χ1v) is 7.00. The van der Waals surface area contributed by atoms with E-state index >= 15 is 0 Å². The molecule has 0 atom stereocenters. The topological polar surface area (TPSA) is 78.9 Å². The van der Waals surface area contributed by atoms with Crippen molar-refractivity contribution in [3.8, 4) is 0 Å². The lowest BCUT2D eigenvalue weighted by atomic mass is 9.95. The van der Waals surface area contributed by atoms with Gasteiger partial charge < -0.3 is 15.8 Å². The lowest BCUT2D eigenvalue weighted by molar-refractivity contribution is 0.0709. The van der Waals surface area contributed by atoms with Gasteiger partial charge in [0.2, 0.25) is 0 Å². The van der Waals surface area contributed by atoms with Crippen molar-refractivity contribution in [2.75, 3.05) is 13.1 Å². The molecule has 0 aromatic heterocycles. The van der Waals surface area contributed by atoms with Gasteiger partial charge in [-0.05, 0) is 31.0 Å². The van der Waals surface area contributed by atoms with Gasteiger partial charge in [0, 0.05) is 24.6 Å². The van der Waals surface area contributed by atoms with Gasteiger partial charge in [0.25, 0.3) is 5.91 Å². The van der Waals surface area contributed by atoms with E-state index < -0.39 is 0 Å². The number of oxime groups is 1. The zero-order valence-electron chi connectivity index (χ0n) is 10.7. The number of rotatable bonds is 2. The zero-order chi connectivity index (χ0) is 14.7. The number of amides is 1. The normalized spacial score (nSPS) is 17.3. The Bertz CT molecular complexity index is 540. The molecule has 108 valence electrons. The van der Waals surface area contributed by atoms with Crippen LogP contribution in [0.2, 0.25) is 10.0 Å². The van der Waals surface area contributed by atoms with Crippen LogP contribution in [0.3, 0.4) is 0 Å². The van der Waals surface area contributed by atoms with Crippen molar-refractivity contribution in [1.82, 2.24) is 4.90 Å². The molecular weight excluding hydrogens is 301 g/mol. The Kier molecular flexibility index (Phi) is 4.73. The maximum absolute atomic E-state index is 12.3. The van der Waals surface area contributed by atoms with Crippen LogP contribution in [0.25, 0.3) is 0 Å². The molecule has 0 unspecified atom stereocenters. The van der Waals surface area contributed by atoms with Gasteiger partial charge in [-0.1, -0.05) is 28.4 Å². The van der Waals surface area contributed by atoms with Crippen molar-refractivity contribution in [3.63, 3.8) is 0 Å². The molecule has 1 aliphatic rings. The largest absolute Gasteiger partial charge is 0.409 e. The first-order chi connectivity index (χ1) is 9.52. The summed E-state index contributed by atoms with van der Waals surface area (Å²) in [4.78, 5) is 14.1. The van der Waals surface area contributed by atoms with E-state index in [1.807, 2.05) is 0 Å². The van der Waals surface area contributed by atoms with Crippen LogP contribution in [0.1, 0.15) is 23.2 Å². The lowest BCUT2D eigenvalue weighted by Crippen LogP contribution is -2.41. The van der Waals surface area contributed by atoms with Crippen molar-refractivity contribution in [2.24, 2.45) is 16.8 Å². The first kappa shape index (κ1) is 14.9. The van der Waals surface area contributed by atoms with E-state index in [0.29, 0.717) is 41.5 Å². The van der Waals surface area contributed by atoms with Gasteiger partial charge in [0.15, 0.2) is 0 Å². The molecule has 5 nitrogen and oxygen atoms in total. The number of hydrogen-bond acceptors (Lipinski definition) is 3. The molecule has 1 saturated heterocycles. The van der Waals surface area contributed by atoms with Gasteiger partial charge in [-0.2, -0.15) is 0 Å². The highest BCUT2D eigenvalue weighted by molar-refractivity contribution is 6.42. The summed E-state index contributed by atoms with van der Waals surface area (Å²) in [6.45, 7) is 1.14. The Morgan fingerprint density at radius 3 is 2.50 bits per heavy atom. The smallest absolute Gasteiger partial charge is 0.253 e. The monoisotopic (exact) mass is 315 g/mol. The molecule has 1 heterocycles. The van der Waals surface area contributed by atoms with Gasteiger partial charge in [-0.15, -0.1) is 0 Å². The summed E-state index contributed by atoms with van der Waals surface area (Å²) in [5, 5.41) is 12.5. The van der Waals surface area contributed by atoms with Gasteiger partial charge in [0.1, 0.15) is 5.84 Å². The number of hydrogen-bond donors (Lipinski definition) is 2. The summed E-state index contributed by atoms with van der Waals surface area (Å²) in [5.74, 6) is 0.172. The highest BCUT2D eigenvalue weighted by Gasteiger charge is 2.26. The van der Waals surface area contributed by atoms with Crippen LogP contribution in [0.5, 0.6) is 0 Å². The SMILES string of the molecule is NC(=NO)C1CCN(C(=O)c2ccc(Cl)c(Cl)c2)CC1. The number of benzene rings is 1. The number of amidine groups is 1. The second-order valence-electron chi connectivity index (χ2n) is 4.72. The third kappa shape index (κ3) is 3.16. The van der Waals surface area contributed by atoms with Crippen LogP contribution in [0.4, 0.5) is 0 Å². The summed E-state index contributed by atoms with van der Waals surface area (Å²) >= 11 is 11.8. The van der Waals surface area contributed by atoms with E-state index in [4.69, 9.17) is 34.1 Å². The molecule has 0 aliphatic carbocycles. The van der Waals surface area contributed by atoms with Crippen molar-refractivity contribution in [2.45, 2.75) is 12.8 Å². The Morgan fingerprint density at radius 1 is 1.30 bits per heavy atom. The second-order valence-corrected chi connectivity index (χ2v) is 5.53. The van der Waals surface area contributed by atoms with E-state index in [1.54, 1.807) is 23.1 Å². The highest BCUT2D eigenvalue weighted by atomic mass is 35.5. The molecule has 1 aromatic carbocycles. The van der Waals surface area contributed by atoms with E-state index in [-0.39, 0.29) is 17.7 Å². The van der Waals surface area contributed by atoms with Crippen LogP contribution >= 0.6 is 23.2 Å². The van der Waals surface area contributed by atoms with Crippen LogP contribution in [0.15, 0.2) is 23.4 Å². The number of nitrogens with two attached hydrogens (primary N) is 1. The molecule has 0 bridgehead atoms. The second kappa shape index (κ2) is 6.33. The molecule has 1 fully saturated rings. The predicted octanol–water partition coefficient (Wildman–Crippen LogP) is 2.59. The summed E-state index contributed by atoms with van der Waals surface area (Å²) < 4.78 is 0. The molecule has 1 amide bonds. The number of carbonyl (C=O) groups excluding carboxylic acids is 1. The Hall–Kier alpha value is -1.46. The van der Waals surface area contributed by atoms with Gasteiger partial charge in [0.05, 0.1) is 10.0 Å².